The Morgan fingerprint density at radius 3 is 2.45 bits per heavy atom. The van der Waals surface area contributed by atoms with Gasteiger partial charge in [-0.3, -0.25) is 0 Å². The minimum Gasteiger partial charge on any atom is -0.493 e. The van der Waals surface area contributed by atoms with Crippen LogP contribution in [-0.4, -0.2) is 44.9 Å². The normalized spacial score (nSPS) is 15.2. The molecule has 162 valence electrons. The topological polar surface area (TPSA) is 100 Å². The van der Waals surface area contributed by atoms with Crippen molar-refractivity contribution in [3.63, 3.8) is 0 Å². The summed E-state index contributed by atoms with van der Waals surface area (Å²) in [6.45, 7) is 0.525. The molecule has 0 unspecified atom stereocenters. The molecule has 0 radical (unpaired) electrons. The van der Waals surface area contributed by atoms with Crippen LogP contribution in [0.5, 0.6) is 17.2 Å². The number of aliphatic imine (C=N–C) groups is 1. The van der Waals surface area contributed by atoms with E-state index in [0.29, 0.717) is 45.6 Å². The molecule has 0 spiro atoms. The number of hydrogen-bond donors (Lipinski definition) is 2. The van der Waals surface area contributed by atoms with Crippen LogP contribution in [0.2, 0.25) is 0 Å². The molecule has 1 aliphatic rings. The summed E-state index contributed by atoms with van der Waals surface area (Å²) >= 11 is 1.38. The van der Waals surface area contributed by atoms with Gasteiger partial charge in [0.15, 0.2) is 16.6 Å². The van der Waals surface area contributed by atoms with Gasteiger partial charge in [-0.15, -0.1) is 0 Å². The summed E-state index contributed by atoms with van der Waals surface area (Å²) in [5.74, 6) is 2.52. The minimum absolute atomic E-state index is 0.0606. The van der Waals surface area contributed by atoms with E-state index in [0.717, 1.165) is 12.1 Å². The predicted molar refractivity (Wildman–Crippen MR) is 122 cm³/mol. The Morgan fingerprint density at radius 2 is 1.81 bits per heavy atom. The number of aromatic nitrogens is 1. The molecule has 8 nitrogen and oxygen atoms in total. The molecular weight excluding hydrogens is 416 g/mol. The van der Waals surface area contributed by atoms with Gasteiger partial charge >= 0.3 is 0 Å². The minimum atomic E-state index is 0.0606. The lowest BCUT2D eigenvalue weighted by Gasteiger charge is -2.14. The summed E-state index contributed by atoms with van der Waals surface area (Å²) in [6.07, 6.45) is 0.819. The van der Waals surface area contributed by atoms with Gasteiger partial charge in [0.2, 0.25) is 11.6 Å². The molecule has 9 heteroatoms. The smallest absolute Gasteiger partial charge is 0.230 e. The first-order valence-electron chi connectivity index (χ1n) is 9.69. The first kappa shape index (κ1) is 20.8. The summed E-state index contributed by atoms with van der Waals surface area (Å²) in [7, 11) is 4.71. The number of nitrogens with two attached hydrogens (primary N) is 1. The van der Waals surface area contributed by atoms with Gasteiger partial charge in [-0.2, -0.15) is 0 Å². The van der Waals surface area contributed by atoms with Crippen molar-refractivity contribution in [3.8, 4) is 17.2 Å². The molecule has 2 aromatic carbocycles. The van der Waals surface area contributed by atoms with Gasteiger partial charge < -0.3 is 30.0 Å². The molecule has 1 atom stereocenters. The number of nitrogens with zero attached hydrogens (tertiary/aromatic N) is 2. The Balaban J connectivity index is 1.53. The predicted octanol–water partition coefficient (Wildman–Crippen LogP) is 3.88. The zero-order valence-electron chi connectivity index (χ0n) is 17.5. The van der Waals surface area contributed by atoms with Crippen LogP contribution in [0.1, 0.15) is 10.4 Å². The molecule has 0 amide bonds. The number of rotatable bonds is 8. The Bertz CT molecular complexity index is 1060. The summed E-state index contributed by atoms with van der Waals surface area (Å²) in [5, 5.41) is 3.85. The summed E-state index contributed by atoms with van der Waals surface area (Å²) in [6, 6.07) is 13.9. The average Bonchev–Trinajstić information content (AvgIpc) is 3.39. The van der Waals surface area contributed by atoms with Crippen LogP contribution >= 0.6 is 11.3 Å². The highest BCUT2D eigenvalue weighted by Crippen LogP contribution is 2.41. The Labute approximate surface area is 184 Å². The monoisotopic (exact) mass is 440 g/mol. The van der Waals surface area contributed by atoms with Crippen LogP contribution < -0.4 is 25.3 Å². The van der Waals surface area contributed by atoms with Gasteiger partial charge in [0, 0.05) is 17.8 Å². The molecule has 0 aliphatic carbocycles. The highest BCUT2D eigenvalue weighted by atomic mass is 32.1. The molecule has 2 heterocycles. The molecule has 0 bridgehead atoms. The van der Waals surface area contributed by atoms with Crippen molar-refractivity contribution in [2.45, 2.75) is 12.5 Å². The molecule has 4 rings (SSSR count). The molecule has 1 aromatic heterocycles. The highest BCUT2D eigenvalue weighted by molar-refractivity contribution is 7.18. The summed E-state index contributed by atoms with van der Waals surface area (Å²) < 4.78 is 22.0. The SMILES string of the molecule is COc1cc(Nc2nc(N)c(C3=N[C@@H](Cc4ccccc4)CO3)s2)cc(OC)c1OC. The average molecular weight is 441 g/mol. The fourth-order valence-electron chi connectivity index (χ4n) is 3.35. The van der Waals surface area contributed by atoms with E-state index < -0.39 is 0 Å². The van der Waals surface area contributed by atoms with Gasteiger partial charge in [-0.1, -0.05) is 41.7 Å². The maximum atomic E-state index is 6.16. The van der Waals surface area contributed by atoms with Crippen LogP contribution in [0, 0.1) is 0 Å². The summed E-state index contributed by atoms with van der Waals surface area (Å²) in [5.41, 5.74) is 8.11. The number of methoxy groups -OCH3 is 3. The second kappa shape index (κ2) is 9.13. The van der Waals surface area contributed by atoms with Crippen molar-refractivity contribution < 1.29 is 18.9 Å². The van der Waals surface area contributed by atoms with Crippen LogP contribution in [0.15, 0.2) is 47.5 Å². The fraction of sp³-hybridized carbons (Fsp3) is 0.273. The molecule has 31 heavy (non-hydrogen) atoms. The molecule has 0 saturated heterocycles. The second-order valence-corrected chi connectivity index (χ2v) is 7.86. The van der Waals surface area contributed by atoms with Gasteiger partial charge in [0.25, 0.3) is 0 Å². The zero-order valence-corrected chi connectivity index (χ0v) is 18.4. The van der Waals surface area contributed by atoms with Crippen molar-refractivity contribution in [2.75, 3.05) is 39.0 Å². The van der Waals surface area contributed by atoms with Crippen molar-refractivity contribution in [1.29, 1.82) is 0 Å². The lowest BCUT2D eigenvalue weighted by Crippen LogP contribution is -2.09. The quantitative estimate of drug-likeness (QED) is 0.548. The molecule has 3 N–H and O–H groups in total. The fourth-order valence-corrected chi connectivity index (χ4v) is 4.20. The number of benzene rings is 2. The molecule has 1 aliphatic heterocycles. The number of ether oxygens (including phenoxy) is 4. The third-order valence-corrected chi connectivity index (χ3v) is 5.76. The van der Waals surface area contributed by atoms with Crippen molar-refractivity contribution in [1.82, 2.24) is 4.98 Å². The third kappa shape index (κ3) is 4.51. The number of nitrogens with one attached hydrogen (secondary N) is 1. The van der Waals surface area contributed by atoms with E-state index in [9.17, 15) is 0 Å². The maximum Gasteiger partial charge on any atom is 0.230 e. The van der Waals surface area contributed by atoms with E-state index in [1.807, 2.05) is 18.2 Å². The zero-order chi connectivity index (χ0) is 21.8. The molecular formula is C22H24N4O4S. The Hall–Kier alpha value is -3.46. The number of hydrogen-bond acceptors (Lipinski definition) is 9. The maximum absolute atomic E-state index is 6.16. The molecule has 3 aromatic rings. The first-order valence-corrected chi connectivity index (χ1v) is 10.5. The Morgan fingerprint density at radius 1 is 1.10 bits per heavy atom. The third-order valence-electron chi connectivity index (χ3n) is 4.79. The van der Waals surface area contributed by atoms with Gasteiger partial charge in [0.1, 0.15) is 17.3 Å². The van der Waals surface area contributed by atoms with E-state index >= 15 is 0 Å². The van der Waals surface area contributed by atoms with E-state index in [1.165, 1.54) is 16.9 Å². The highest BCUT2D eigenvalue weighted by Gasteiger charge is 2.25. The number of thiazole rings is 1. The number of anilines is 3. The van der Waals surface area contributed by atoms with Gasteiger partial charge in [-0.05, 0) is 12.0 Å². The van der Waals surface area contributed by atoms with E-state index in [1.54, 1.807) is 33.5 Å². The lowest BCUT2D eigenvalue weighted by molar-refractivity contribution is 0.317. The van der Waals surface area contributed by atoms with Crippen LogP contribution in [-0.2, 0) is 11.2 Å². The van der Waals surface area contributed by atoms with E-state index in [2.05, 4.69) is 22.4 Å². The standard InChI is InChI=1S/C22H24N4O4S/c1-27-16-10-14(11-17(28-2)18(16)29-3)25-22-26-20(23)19(31-22)21-24-15(12-30-21)9-13-7-5-4-6-8-13/h4-8,10-11,15H,9,12,23H2,1-3H3,(H,25,26)/t15-/m0/s1. The van der Waals surface area contributed by atoms with Crippen molar-refractivity contribution in [3.05, 3.63) is 52.9 Å². The first-order chi connectivity index (χ1) is 15.1. The van der Waals surface area contributed by atoms with Crippen LogP contribution in [0.25, 0.3) is 0 Å². The van der Waals surface area contributed by atoms with Crippen molar-refractivity contribution >= 4 is 33.9 Å². The summed E-state index contributed by atoms with van der Waals surface area (Å²) in [4.78, 5) is 9.85. The van der Waals surface area contributed by atoms with Gasteiger partial charge in [-0.25, -0.2) is 9.98 Å². The molecule has 0 saturated carbocycles. The van der Waals surface area contributed by atoms with Crippen LogP contribution in [0.4, 0.5) is 16.6 Å². The molecule has 0 fully saturated rings. The largest absolute Gasteiger partial charge is 0.493 e. The van der Waals surface area contributed by atoms with E-state index in [-0.39, 0.29) is 6.04 Å². The van der Waals surface area contributed by atoms with Crippen molar-refractivity contribution in [2.24, 2.45) is 4.99 Å². The second-order valence-electron chi connectivity index (χ2n) is 6.86. The van der Waals surface area contributed by atoms with Crippen LogP contribution in [0.3, 0.4) is 0 Å². The van der Waals surface area contributed by atoms with Gasteiger partial charge in [0.05, 0.1) is 27.4 Å². The Kier molecular flexibility index (Phi) is 6.13. The van der Waals surface area contributed by atoms with E-state index in [4.69, 9.17) is 29.7 Å². The lowest BCUT2D eigenvalue weighted by atomic mass is 10.1. The number of nitrogen functional groups attached to an aromatic ring is 1.